The maximum Gasteiger partial charge on any atom is 0.239 e. The minimum Gasteiger partial charge on any atom is -0.301 e. The summed E-state index contributed by atoms with van der Waals surface area (Å²) in [5.74, 6) is -0.105. The Hall–Kier alpha value is -0.910. The largest absolute Gasteiger partial charge is 0.301 e. The van der Waals surface area contributed by atoms with E-state index in [2.05, 4.69) is 26.2 Å². The maximum absolute atomic E-state index is 11.5. The third-order valence-electron chi connectivity index (χ3n) is 2.24. The molecule has 0 radical (unpaired) electrons. The molecule has 0 fully saturated rings. The van der Waals surface area contributed by atoms with Crippen LogP contribution in [0.3, 0.4) is 0 Å². The van der Waals surface area contributed by atoms with Gasteiger partial charge >= 0.3 is 0 Å². The first kappa shape index (κ1) is 13.5. The van der Waals surface area contributed by atoms with Crippen LogP contribution in [0.25, 0.3) is 11.3 Å². The zero-order valence-electron chi connectivity index (χ0n) is 9.48. The first-order valence-electron chi connectivity index (χ1n) is 5.22. The van der Waals surface area contributed by atoms with Crippen LogP contribution in [-0.4, -0.2) is 15.7 Å². The van der Waals surface area contributed by atoms with Crippen molar-refractivity contribution in [3.63, 3.8) is 0 Å². The van der Waals surface area contributed by atoms with Gasteiger partial charge in [-0.3, -0.25) is 4.79 Å². The van der Waals surface area contributed by atoms with Crippen molar-refractivity contribution in [3.8, 4) is 11.3 Å². The van der Waals surface area contributed by atoms with E-state index in [0.717, 1.165) is 11.3 Å². The van der Waals surface area contributed by atoms with Crippen LogP contribution in [0.4, 0.5) is 5.13 Å². The van der Waals surface area contributed by atoms with Gasteiger partial charge < -0.3 is 5.32 Å². The summed E-state index contributed by atoms with van der Waals surface area (Å²) < 4.78 is 0. The van der Waals surface area contributed by atoms with E-state index in [4.69, 9.17) is 11.6 Å². The van der Waals surface area contributed by atoms with Gasteiger partial charge in [-0.25, -0.2) is 4.98 Å². The molecule has 18 heavy (non-hydrogen) atoms. The molecule has 0 spiro atoms. The van der Waals surface area contributed by atoms with E-state index in [9.17, 15) is 4.79 Å². The van der Waals surface area contributed by atoms with Crippen molar-refractivity contribution in [3.05, 3.63) is 34.7 Å². The summed E-state index contributed by atoms with van der Waals surface area (Å²) in [6.07, 6.45) is 0. The van der Waals surface area contributed by atoms with E-state index in [1.165, 1.54) is 11.3 Å². The van der Waals surface area contributed by atoms with Crippen LogP contribution in [0.5, 0.6) is 0 Å². The Morgan fingerprint density at radius 1 is 1.44 bits per heavy atom. The number of halogens is 2. The number of nitrogens with zero attached hydrogens (tertiary/aromatic N) is 1. The van der Waals surface area contributed by atoms with E-state index in [0.29, 0.717) is 10.2 Å². The fraction of sp³-hybridized carbons (Fsp3) is 0.167. The predicted octanol–water partition coefficient (Wildman–Crippen LogP) is 4.19. The van der Waals surface area contributed by atoms with Gasteiger partial charge in [0.05, 0.1) is 10.5 Å². The first-order chi connectivity index (χ1) is 8.56. The monoisotopic (exact) mass is 344 g/mol. The fourth-order valence-electron chi connectivity index (χ4n) is 1.29. The Kier molecular flexibility index (Phi) is 4.37. The van der Waals surface area contributed by atoms with Gasteiger partial charge in [-0.15, -0.1) is 11.3 Å². The Bertz CT molecular complexity index is 553. The topological polar surface area (TPSA) is 42.0 Å². The van der Waals surface area contributed by atoms with Crippen molar-refractivity contribution < 1.29 is 4.79 Å². The molecule has 2 rings (SSSR count). The Morgan fingerprint density at radius 2 is 2.11 bits per heavy atom. The standard InChI is InChI=1S/C12H10BrClN2OS/c1-7(13)11(17)16-12-15-10(6-18-12)8-2-4-9(14)5-3-8/h2-7H,1H3,(H,15,16,17). The highest BCUT2D eigenvalue weighted by Crippen LogP contribution is 2.26. The van der Waals surface area contributed by atoms with Gasteiger partial charge in [-0.05, 0) is 19.1 Å². The molecule has 1 amide bonds. The van der Waals surface area contributed by atoms with Crippen molar-refractivity contribution in [2.24, 2.45) is 0 Å². The van der Waals surface area contributed by atoms with Crippen LogP contribution in [0.1, 0.15) is 6.92 Å². The number of aromatic nitrogens is 1. The number of carbonyl (C=O) groups excluding carboxylic acids is 1. The molecule has 1 unspecified atom stereocenters. The zero-order valence-corrected chi connectivity index (χ0v) is 12.6. The molecule has 0 aliphatic heterocycles. The third kappa shape index (κ3) is 3.31. The first-order valence-corrected chi connectivity index (χ1v) is 7.40. The quantitative estimate of drug-likeness (QED) is 0.848. The number of anilines is 1. The summed E-state index contributed by atoms with van der Waals surface area (Å²) in [5.41, 5.74) is 1.80. The lowest BCUT2D eigenvalue weighted by molar-refractivity contribution is -0.115. The van der Waals surface area contributed by atoms with E-state index < -0.39 is 0 Å². The van der Waals surface area contributed by atoms with Gasteiger partial charge in [-0.1, -0.05) is 39.7 Å². The van der Waals surface area contributed by atoms with E-state index in [1.807, 2.05) is 29.6 Å². The lowest BCUT2D eigenvalue weighted by Gasteiger charge is -2.02. The van der Waals surface area contributed by atoms with Gasteiger partial charge in [0.15, 0.2) is 5.13 Å². The van der Waals surface area contributed by atoms with Crippen LogP contribution >= 0.6 is 38.9 Å². The number of hydrogen-bond acceptors (Lipinski definition) is 3. The molecule has 2 aromatic rings. The van der Waals surface area contributed by atoms with Crippen molar-refractivity contribution >= 4 is 49.9 Å². The number of carbonyl (C=O) groups is 1. The molecule has 0 aliphatic carbocycles. The molecule has 6 heteroatoms. The van der Waals surface area contributed by atoms with Crippen LogP contribution in [0.2, 0.25) is 5.02 Å². The minimum absolute atomic E-state index is 0.105. The minimum atomic E-state index is -0.236. The fourth-order valence-corrected chi connectivity index (χ4v) is 2.25. The predicted molar refractivity (Wildman–Crippen MR) is 79.6 cm³/mol. The van der Waals surface area contributed by atoms with Gasteiger partial charge in [0.1, 0.15) is 0 Å². The van der Waals surface area contributed by atoms with Crippen molar-refractivity contribution in [1.82, 2.24) is 4.98 Å². The Labute approximate surface area is 122 Å². The summed E-state index contributed by atoms with van der Waals surface area (Å²) in [6, 6.07) is 7.43. The maximum atomic E-state index is 11.5. The van der Waals surface area contributed by atoms with Gasteiger partial charge in [0.2, 0.25) is 5.91 Å². The highest BCUT2D eigenvalue weighted by molar-refractivity contribution is 9.10. The van der Waals surface area contributed by atoms with E-state index in [-0.39, 0.29) is 10.7 Å². The lowest BCUT2D eigenvalue weighted by Crippen LogP contribution is -2.19. The number of thiazole rings is 1. The summed E-state index contributed by atoms with van der Waals surface area (Å²) in [4.78, 5) is 15.6. The Morgan fingerprint density at radius 3 is 2.72 bits per heavy atom. The third-order valence-corrected chi connectivity index (χ3v) is 3.66. The Balaban J connectivity index is 2.15. The molecule has 0 saturated carbocycles. The highest BCUT2D eigenvalue weighted by Gasteiger charge is 2.11. The number of benzene rings is 1. The molecule has 3 nitrogen and oxygen atoms in total. The molecule has 1 heterocycles. The van der Waals surface area contributed by atoms with Crippen molar-refractivity contribution in [2.45, 2.75) is 11.8 Å². The molecular formula is C12H10BrClN2OS. The smallest absolute Gasteiger partial charge is 0.239 e. The molecule has 1 atom stereocenters. The zero-order chi connectivity index (χ0) is 13.1. The number of alkyl halides is 1. The average Bonchev–Trinajstić information content (AvgIpc) is 2.78. The molecule has 0 aliphatic rings. The van der Waals surface area contributed by atoms with Crippen LogP contribution in [-0.2, 0) is 4.79 Å². The number of hydrogen-bond donors (Lipinski definition) is 1. The van der Waals surface area contributed by atoms with Gasteiger partial charge in [0.25, 0.3) is 0 Å². The normalized spacial score (nSPS) is 12.2. The summed E-state index contributed by atoms with van der Waals surface area (Å²) in [5, 5.41) is 5.92. The molecule has 1 aromatic heterocycles. The number of rotatable bonds is 3. The summed E-state index contributed by atoms with van der Waals surface area (Å²) >= 11 is 10.4. The average molecular weight is 346 g/mol. The van der Waals surface area contributed by atoms with Gasteiger partial charge in [0, 0.05) is 16.0 Å². The molecule has 0 bridgehead atoms. The SMILES string of the molecule is CC(Br)C(=O)Nc1nc(-c2ccc(Cl)cc2)cs1. The van der Waals surface area contributed by atoms with Crippen LogP contribution in [0.15, 0.2) is 29.6 Å². The second-order valence-electron chi connectivity index (χ2n) is 3.65. The summed E-state index contributed by atoms with van der Waals surface area (Å²) in [7, 11) is 0. The van der Waals surface area contributed by atoms with E-state index >= 15 is 0 Å². The second kappa shape index (κ2) is 5.82. The molecule has 1 aromatic carbocycles. The van der Waals surface area contributed by atoms with Crippen molar-refractivity contribution in [2.75, 3.05) is 5.32 Å². The second-order valence-corrected chi connectivity index (χ2v) is 6.32. The molecular weight excluding hydrogens is 336 g/mol. The van der Waals surface area contributed by atoms with Crippen molar-refractivity contribution in [1.29, 1.82) is 0 Å². The lowest BCUT2D eigenvalue weighted by atomic mass is 10.2. The summed E-state index contributed by atoms with van der Waals surface area (Å²) in [6.45, 7) is 1.77. The van der Waals surface area contributed by atoms with Crippen LogP contribution in [0, 0.1) is 0 Å². The number of nitrogens with one attached hydrogen (secondary N) is 1. The van der Waals surface area contributed by atoms with Gasteiger partial charge in [-0.2, -0.15) is 0 Å². The number of amides is 1. The van der Waals surface area contributed by atoms with E-state index in [1.54, 1.807) is 6.92 Å². The van der Waals surface area contributed by atoms with Crippen LogP contribution < -0.4 is 5.32 Å². The molecule has 94 valence electrons. The highest BCUT2D eigenvalue weighted by atomic mass is 79.9. The molecule has 0 saturated heterocycles. The molecule has 1 N–H and O–H groups in total.